The Morgan fingerprint density at radius 3 is 2.94 bits per heavy atom. The second kappa shape index (κ2) is 3.53. The van der Waals surface area contributed by atoms with Gasteiger partial charge in [-0.15, -0.1) is 0 Å². The van der Waals surface area contributed by atoms with Crippen molar-refractivity contribution in [3.63, 3.8) is 0 Å². The summed E-state index contributed by atoms with van der Waals surface area (Å²) in [5.74, 6) is -0.147. The van der Waals surface area contributed by atoms with Crippen molar-refractivity contribution in [1.82, 2.24) is 9.55 Å². The van der Waals surface area contributed by atoms with Gasteiger partial charge in [0, 0.05) is 17.7 Å². The highest BCUT2D eigenvalue weighted by molar-refractivity contribution is 5.15. The molecule has 1 aromatic heterocycles. The summed E-state index contributed by atoms with van der Waals surface area (Å²) in [4.78, 5) is 25.1. The first-order valence-electron chi connectivity index (χ1n) is 5.77. The van der Waals surface area contributed by atoms with Gasteiger partial charge in [0.15, 0.2) is 6.23 Å². The van der Waals surface area contributed by atoms with E-state index in [4.69, 9.17) is 4.74 Å². The topological polar surface area (TPSA) is 105 Å². The van der Waals surface area contributed by atoms with E-state index >= 15 is 0 Å². The summed E-state index contributed by atoms with van der Waals surface area (Å²) in [5.41, 5.74) is -1.42. The van der Waals surface area contributed by atoms with Crippen molar-refractivity contribution < 1.29 is 14.9 Å². The van der Waals surface area contributed by atoms with Gasteiger partial charge in [0.1, 0.15) is 6.10 Å². The zero-order valence-corrected chi connectivity index (χ0v) is 9.79. The van der Waals surface area contributed by atoms with E-state index in [1.54, 1.807) is 6.92 Å². The SMILES string of the molecule is Cc1cn([C@@H]2O[C@@]3(CO)C[C@H]3[C@H]2O)c(=O)[nH]c1=O. The monoisotopic (exact) mass is 254 g/mol. The first kappa shape index (κ1) is 11.6. The average Bonchev–Trinajstić information content (AvgIpc) is 2.99. The Morgan fingerprint density at radius 1 is 1.61 bits per heavy atom. The van der Waals surface area contributed by atoms with Gasteiger partial charge in [0.05, 0.1) is 12.2 Å². The molecule has 18 heavy (non-hydrogen) atoms. The fourth-order valence-corrected chi connectivity index (χ4v) is 2.61. The van der Waals surface area contributed by atoms with Crippen LogP contribution in [0.2, 0.25) is 0 Å². The van der Waals surface area contributed by atoms with Crippen LogP contribution in [0.4, 0.5) is 0 Å². The number of ether oxygens (including phenoxy) is 1. The van der Waals surface area contributed by atoms with Crippen LogP contribution in [0.1, 0.15) is 18.2 Å². The molecule has 7 heteroatoms. The highest BCUT2D eigenvalue weighted by atomic mass is 16.6. The number of rotatable bonds is 2. The number of aliphatic hydroxyl groups is 2. The Morgan fingerprint density at radius 2 is 2.33 bits per heavy atom. The van der Waals surface area contributed by atoms with Crippen molar-refractivity contribution in [2.45, 2.75) is 31.3 Å². The zero-order valence-electron chi connectivity index (χ0n) is 9.79. The molecule has 0 unspecified atom stereocenters. The van der Waals surface area contributed by atoms with Crippen molar-refractivity contribution in [3.8, 4) is 0 Å². The van der Waals surface area contributed by atoms with Gasteiger partial charge in [-0.1, -0.05) is 0 Å². The summed E-state index contributed by atoms with van der Waals surface area (Å²) in [5, 5.41) is 19.3. The Kier molecular flexibility index (Phi) is 2.28. The number of nitrogens with zero attached hydrogens (tertiary/aromatic N) is 1. The maximum Gasteiger partial charge on any atom is 0.330 e. The molecular formula is C11H14N2O5. The number of aliphatic hydroxyl groups excluding tert-OH is 2. The number of hydrogen-bond acceptors (Lipinski definition) is 5. The highest BCUT2D eigenvalue weighted by Gasteiger charge is 2.67. The third-order valence-electron chi connectivity index (χ3n) is 3.83. The van der Waals surface area contributed by atoms with Gasteiger partial charge in [0.25, 0.3) is 5.56 Å². The number of H-pyrrole nitrogens is 1. The number of aromatic nitrogens is 2. The third-order valence-corrected chi connectivity index (χ3v) is 3.83. The molecule has 2 fully saturated rings. The third kappa shape index (κ3) is 1.41. The minimum Gasteiger partial charge on any atom is -0.393 e. The van der Waals surface area contributed by atoms with E-state index in [0.717, 1.165) is 0 Å². The van der Waals surface area contributed by atoms with Gasteiger partial charge in [-0.05, 0) is 13.3 Å². The normalized spacial score (nSPS) is 37.6. The van der Waals surface area contributed by atoms with Crippen LogP contribution < -0.4 is 11.2 Å². The molecule has 0 radical (unpaired) electrons. The molecule has 2 heterocycles. The molecule has 0 amide bonds. The van der Waals surface area contributed by atoms with Crippen molar-refractivity contribution in [2.75, 3.05) is 6.61 Å². The molecule has 3 rings (SSSR count). The maximum absolute atomic E-state index is 11.7. The lowest BCUT2D eigenvalue weighted by Gasteiger charge is -2.21. The van der Waals surface area contributed by atoms with Crippen LogP contribution >= 0.6 is 0 Å². The van der Waals surface area contributed by atoms with Gasteiger partial charge in [0.2, 0.25) is 0 Å². The predicted octanol–water partition coefficient (Wildman–Crippen LogP) is -1.51. The van der Waals surface area contributed by atoms with E-state index in [2.05, 4.69) is 4.98 Å². The first-order chi connectivity index (χ1) is 8.48. The van der Waals surface area contributed by atoms with Gasteiger partial charge < -0.3 is 14.9 Å². The molecule has 1 aromatic rings. The Bertz CT molecular complexity index is 606. The van der Waals surface area contributed by atoms with Crippen molar-refractivity contribution in [3.05, 3.63) is 32.6 Å². The Hall–Kier alpha value is -1.44. The van der Waals surface area contributed by atoms with Crippen molar-refractivity contribution in [1.29, 1.82) is 0 Å². The summed E-state index contributed by atoms with van der Waals surface area (Å²) < 4.78 is 6.76. The van der Waals surface area contributed by atoms with Crippen LogP contribution in [-0.2, 0) is 4.74 Å². The van der Waals surface area contributed by atoms with Crippen molar-refractivity contribution in [2.24, 2.45) is 5.92 Å². The average molecular weight is 254 g/mol. The van der Waals surface area contributed by atoms with Crippen LogP contribution in [0.3, 0.4) is 0 Å². The van der Waals surface area contributed by atoms with Gasteiger partial charge in [-0.2, -0.15) is 0 Å². The van der Waals surface area contributed by atoms with E-state index in [1.807, 2.05) is 0 Å². The molecule has 1 saturated heterocycles. The minimum atomic E-state index is -0.848. The van der Waals surface area contributed by atoms with E-state index in [9.17, 15) is 19.8 Å². The van der Waals surface area contributed by atoms with Crippen LogP contribution in [0.15, 0.2) is 15.8 Å². The quantitative estimate of drug-likeness (QED) is 0.595. The summed E-state index contributed by atoms with van der Waals surface area (Å²) in [6, 6.07) is 0. The molecule has 1 aliphatic heterocycles. The smallest absolute Gasteiger partial charge is 0.330 e. The van der Waals surface area contributed by atoms with Crippen LogP contribution in [-0.4, -0.2) is 38.1 Å². The molecule has 0 aromatic carbocycles. The molecular weight excluding hydrogens is 240 g/mol. The Labute approximate surface area is 102 Å². The van der Waals surface area contributed by atoms with E-state index < -0.39 is 29.2 Å². The molecule has 0 bridgehead atoms. The number of nitrogens with one attached hydrogen (secondary N) is 1. The first-order valence-corrected chi connectivity index (χ1v) is 5.77. The van der Waals surface area contributed by atoms with E-state index in [-0.39, 0.29) is 12.5 Å². The fourth-order valence-electron chi connectivity index (χ4n) is 2.61. The molecule has 1 aliphatic carbocycles. The van der Waals surface area contributed by atoms with E-state index in [0.29, 0.717) is 12.0 Å². The lowest BCUT2D eigenvalue weighted by Crippen LogP contribution is -2.37. The lowest BCUT2D eigenvalue weighted by atomic mass is 10.2. The van der Waals surface area contributed by atoms with Crippen LogP contribution in [0.25, 0.3) is 0 Å². The van der Waals surface area contributed by atoms with E-state index in [1.165, 1.54) is 10.8 Å². The largest absolute Gasteiger partial charge is 0.393 e. The summed E-state index contributed by atoms with van der Waals surface area (Å²) in [6.07, 6.45) is 0.266. The molecule has 4 atom stereocenters. The zero-order chi connectivity index (χ0) is 13.1. The highest BCUT2D eigenvalue weighted by Crippen LogP contribution is 2.58. The number of aryl methyl sites for hydroxylation is 1. The van der Waals surface area contributed by atoms with Crippen molar-refractivity contribution >= 4 is 0 Å². The maximum atomic E-state index is 11.7. The predicted molar refractivity (Wildman–Crippen MR) is 60.1 cm³/mol. The van der Waals surface area contributed by atoms with Gasteiger partial charge in [-0.25, -0.2) is 4.79 Å². The fraction of sp³-hybridized carbons (Fsp3) is 0.636. The summed E-state index contributed by atoms with van der Waals surface area (Å²) in [6.45, 7) is 1.39. The van der Waals surface area contributed by atoms with Crippen LogP contribution in [0, 0.1) is 12.8 Å². The number of aromatic amines is 1. The van der Waals surface area contributed by atoms with Gasteiger partial charge >= 0.3 is 5.69 Å². The second-order valence-electron chi connectivity index (χ2n) is 5.01. The lowest BCUT2D eigenvalue weighted by molar-refractivity contribution is -0.0928. The molecule has 3 N–H and O–H groups in total. The van der Waals surface area contributed by atoms with Crippen LogP contribution in [0.5, 0.6) is 0 Å². The molecule has 0 spiro atoms. The number of fused-ring (bicyclic) bond motifs is 1. The second-order valence-corrected chi connectivity index (χ2v) is 5.01. The molecule has 1 saturated carbocycles. The molecule has 2 aliphatic rings. The van der Waals surface area contributed by atoms with Gasteiger partial charge in [-0.3, -0.25) is 14.3 Å². The molecule has 98 valence electrons. The molecule has 7 nitrogen and oxygen atoms in total. The summed E-state index contributed by atoms with van der Waals surface area (Å²) in [7, 11) is 0. The number of hydrogen-bond donors (Lipinski definition) is 3. The summed E-state index contributed by atoms with van der Waals surface area (Å²) >= 11 is 0. The Balaban J connectivity index is 2.00. The minimum absolute atomic E-state index is 0.147. The standard InChI is InChI=1S/C11H14N2O5/c1-5-3-13(10(17)12-8(5)16)9-7(15)6-2-11(6,4-14)18-9/h3,6-7,9,14-15H,2,4H2,1H3,(H,12,16,17)/t6-,7+,9+,11+/m0/s1.